The molecule has 1 aliphatic rings. The lowest BCUT2D eigenvalue weighted by Crippen LogP contribution is -2.64. The van der Waals surface area contributed by atoms with Gasteiger partial charge in [0.2, 0.25) is 0 Å². The molecule has 6 unspecified atom stereocenters. The van der Waals surface area contributed by atoms with Crippen molar-refractivity contribution in [3.05, 3.63) is 109 Å². The van der Waals surface area contributed by atoms with Crippen LogP contribution in [0.5, 0.6) is 0 Å². The summed E-state index contributed by atoms with van der Waals surface area (Å²) in [5.74, 6) is -1.26. The van der Waals surface area contributed by atoms with Crippen LogP contribution in [-0.4, -0.2) is 98.3 Å². The van der Waals surface area contributed by atoms with Gasteiger partial charge in [-0.3, -0.25) is 18.6 Å². The van der Waals surface area contributed by atoms with Crippen molar-refractivity contribution in [3.63, 3.8) is 0 Å². The van der Waals surface area contributed by atoms with Gasteiger partial charge in [0.05, 0.1) is 6.61 Å². The summed E-state index contributed by atoms with van der Waals surface area (Å²) in [6.45, 7) is 3.03. The number of esters is 2. The summed E-state index contributed by atoms with van der Waals surface area (Å²) in [7, 11) is -5.16. The molecule has 1 saturated carbocycles. The predicted molar refractivity (Wildman–Crippen MR) is 248 cm³/mol. The molecule has 0 aromatic carbocycles. The fourth-order valence-electron chi connectivity index (χ4n) is 5.96. The third kappa shape index (κ3) is 30.3. The molecule has 1 rings (SSSR count). The van der Waals surface area contributed by atoms with Crippen LogP contribution in [0.2, 0.25) is 0 Å². The van der Waals surface area contributed by atoms with Crippen molar-refractivity contribution in [1.82, 2.24) is 0 Å². The normalized spacial score (nSPS) is 22.7. The smallest absolute Gasteiger partial charge is 0.462 e. The zero-order valence-corrected chi connectivity index (χ0v) is 38.5. The van der Waals surface area contributed by atoms with E-state index in [2.05, 4.69) is 105 Å². The number of aliphatic hydroxyl groups is 5. The Morgan fingerprint density at radius 1 is 0.508 bits per heavy atom. The van der Waals surface area contributed by atoms with Crippen molar-refractivity contribution in [2.24, 2.45) is 0 Å². The monoisotopic (exact) mass is 905 g/mol. The van der Waals surface area contributed by atoms with Crippen LogP contribution >= 0.6 is 7.82 Å². The maximum Gasteiger partial charge on any atom is 0.472 e. The van der Waals surface area contributed by atoms with Crippen LogP contribution in [0.1, 0.15) is 129 Å². The van der Waals surface area contributed by atoms with Gasteiger partial charge in [-0.25, -0.2) is 4.57 Å². The number of hydrogen-bond donors (Lipinski definition) is 6. The molecule has 0 saturated heterocycles. The van der Waals surface area contributed by atoms with Crippen molar-refractivity contribution >= 4 is 19.8 Å². The number of phosphoric acid groups is 1. The first-order valence-electron chi connectivity index (χ1n) is 22.7. The molecule has 0 aromatic heterocycles. The summed E-state index contributed by atoms with van der Waals surface area (Å²) in [5, 5.41) is 50.1. The fourth-order valence-corrected chi connectivity index (χ4v) is 6.94. The summed E-state index contributed by atoms with van der Waals surface area (Å²) in [5.41, 5.74) is 0. The largest absolute Gasteiger partial charge is 0.472 e. The van der Waals surface area contributed by atoms with Gasteiger partial charge in [-0.15, -0.1) is 0 Å². The average Bonchev–Trinajstić information content (AvgIpc) is 3.26. The molecule has 1 fully saturated rings. The van der Waals surface area contributed by atoms with E-state index < -0.39 is 75.7 Å². The highest BCUT2D eigenvalue weighted by Crippen LogP contribution is 2.47. The number of phosphoric ester groups is 1. The zero-order chi connectivity index (χ0) is 46.4. The molecule has 0 heterocycles. The molecule has 0 aromatic rings. The number of hydrogen-bond acceptors (Lipinski definition) is 12. The molecule has 1 aliphatic carbocycles. The van der Waals surface area contributed by atoms with Crippen LogP contribution in [0, 0.1) is 0 Å². The number of carbonyl (C=O) groups excluding carboxylic acids is 2. The lowest BCUT2D eigenvalue weighted by atomic mass is 9.85. The van der Waals surface area contributed by atoms with Crippen LogP contribution in [0.25, 0.3) is 0 Å². The number of ether oxygens (including phenoxy) is 2. The molecule has 63 heavy (non-hydrogen) atoms. The maximum absolute atomic E-state index is 12.8. The van der Waals surface area contributed by atoms with E-state index in [9.17, 15) is 44.6 Å². The number of rotatable bonds is 35. The Morgan fingerprint density at radius 2 is 0.921 bits per heavy atom. The first-order valence-corrected chi connectivity index (χ1v) is 24.2. The average molecular weight is 905 g/mol. The molecule has 0 radical (unpaired) electrons. The molecule has 0 amide bonds. The van der Waals surface area contributed by atoms with Crippen molar-refractivity contribution in [1.29, 1.82) is 0 Å². The van der Waals surface area contributed by atoms with Gasteiger partial charge in [0.1, 0.15) is 43.2 Å². The van der Waals surface area contributed by atoms with Crippen molar-refractivity contribution in [2.75, 3.05) is 13.2 Å². The van der Waals surface area contributed by atoms with Crippen LogP contribution in [0.4, 0.5) is 0 Å². The quantitative estimate of drug-likeness (QED) is 0.0152. The van der Waals surface area contributed by atoms with E-state index in [0.717, 1.165) is 64.2 Å². The second kappa shape index (κ2) is 37.8. The van der Waals surface area contributed by atoms with E-state index in [1.165, 1.54) is 19.3 Å². The Morgan fingerprint density at radius 3 is 1.38 bits per heavy atom. The topological polar surface area (TPSA) is 210 Å². The van der Waals surface area contributed by atoms with E-state index >= 15 is 0 Å². The summed E-state index contributed by atoms with van der Waals surface area (Å²) in [6, 6.07) is 0. The van der Waals surface area contributed by atoms with Gasteiger partial charge in [0.25, 0.3) is 0 Å². The Bertz CT molecular complexity index is 1510. The van der Waals surface area contributed by atoms with Crippen LogP contribution in [0.15, 0.2) is 109 Å². The first kappa shape index (κ1) is 57.5. The lowest BCUT2D eigenvalue weighted by Gasteiger charge is -2.41. The minimum absolute atomic E-state index is 0.0429. The molecule has 0 aliphatic heterocycles. The Kier molecular flexibility index (Phi) is 34.6. The maximum atomic E-state index is 12.8. The second-order valence-corrected chi connectivity index (χ2v) is 16.6. The molecule has 14 heteroatoms. The summed E-state index contributed by atoms with van der Waals surface area (Å²) in [6.07, 6.45) is 38.7. The molecule has 13 nitrogen and oxygen atoms in total. The highest BCUT2D eigenvalue weighted by Gasteiger charge is 2.51. The first-order chi connectivity index (χ1) is 30.4. The predicted octanol–water partition coefficient (Wildman–Crippen LogP) is 8.83. The van der Waals surface area contributed by atoms with E-state index in [1.54, 1.807) is 0 Å². The summed E-state index contributed by atoms with van der Waals surface area (Å²) in [4.78, 5) is 35.6. The Labute approximate surface area is 376 Å². The van der Waals surface area contributed by atoms with E-state index in [0.29, 0.717) is 19.3 Å². The summed E-state index contributed by atoms with van der Waals surface area (Å²) >= 11 is 0. The van der Waals surface area contributed by atoms with Gasteiger partial charge in [-0.1, -0.05) is 136 Å². The highest BCUT2D eigenvalue weighted by atomic mass is 31.2. The minimum atomic E-state index is -5.16. The molecule has 0 bridgehead atoms. The van der Waals surface area contributed by atoms with Gasteiger partial charge in [-0.05, 0) is 89.9 Å². The standard InChI is InChI=1S/C49H77O13P/c1-3-5-7-9-11-13-15-17-19-20-21-22-24-26-28-30-32-34-36-38-43(51)61-41(40-60-63(57,58)62-49-47(55)45(53)44(52)46(54)48(49)56)39-59-42(50)37-35-33-31-29-27-25-23-18-16-14-12-10-8-6-4-2/h6,8,11-14,17-19,21-23,26-29,32,34,41,44-49,52-56H,3-5,7,9-10,15-16,20,24-25,30-31,33,35-40H2,1-2H3,(H,57,58)/b8-6+,13-11+,14-12+,19-17+,22-21+,23-18+,28-26+,29-27+,34-32+/t41-,44?,45-,46?,47?,48?,49?/m1/s1. The number of carbonyl (C=O) groups is 2. The van der Waals surface area contributed by atoms with Crippen LogP contribution < -0.4 is 0 Å². The van der Waals surface area contributed by atoms with E-state index in [1.807, 2.05) is 18.2 Å². The molecule has 356 valence electrons. The van der Waals surface area contributed by atoms with E-state index in [4.69, 9.17) is 18.5 Å². The minimum Gasteiger partial charge on any atom is -0.462 e. The third-order valence-electron chi connectivity index (χ3n) is 9.61. The number of allylic oxidation sites excluding steroid dienone is 18. The summed E-state index contributed by atoms with van der Waals surface area (Å²) < 4.78 is 33.4. The van der Waals surface area contributed by atoms with Gasteiger partial charge in [0.15, 0.2) is 6.10 Å². The van der Waals surface area contributed by atoms with Gasteiger partial charge in [0, 0.05) is 12.8 Å². The molecular formula is C49H77O13P. The van der Waals surface area contributed by atoms with Crippen LogP contribution in [-0.2, 0) is 32.7 Å². The van der Waals surface area contributed by atoms with Crippen molar-refractivity contribution in [2.45, 2.75) is 172 Å². The Hall–Kier alpha value is -3.49. The van der Waals surface area contributed by atoms with Crippen molar-refractivity contribution in [3.8, 4) is 0 Å². The molecule has 8 atom stereocenters. The number of aliphatic hydroxyl groups excluding tert-OH is 5. The fraction of sp³-hybridized carbons (Fsp3) is 0.592. The van der Waals surface area contributed by atoms with Gasteiger partial charge in [-0.2, -0.15) is 0 Å². The second-order valence-electron chi connectivity index (χ2n) is 15.2. The van der Waals surface area contributed by atoms with E-state index in [-0.39, 0.29) is 12.8 Å². The van der Waals surface area contributed by atoms with Gasteiger partial charge >= 0.3 is 19.8 Å². The lowest BCUT2D eigenvalue weighted by molar-refractivity contribution is -0.220. The zero-order valence-electron chi connectivity index (χ0n) is 37.6. The third-order valence-corrected chi connectivity index (χ3v) is 10.6. The molecule has 6 N–H and O–H groups in total. The van der Waals surface area contributed by atoms with Crippen LogP contribution in [0.3, 0.4) is 0 Å². The SMILES string of the molecule is CC/C=C/C/C=C/C/C=C/C/C=C/CCCCC(=O)OC[C@H](COP(=O)(O)OC1C(O)C(O)C(O)[C@@H](O)C1O)OC(=O)CC/C=C/C/C=C/C/C=C/C/C=C/C/C=C/CCCCC. The highest BCUT2D eigenvalue weighted by molar-refractivity contribution is 7.47. The molecular weight excluding hydrogens is 827 g/mol. The van der Waals surface area contributed by atoms with Crippen molar-refractivity contribution < 1.29 is 63.1 Å². The number of unbranched alkanes of at least 4 members (excludes halogenated alkanes) is 5. The molecule has 0 spiro atoms. The van der Waals surface area contributed by atoms with Gasteiger partial charge < -0.3 is 39.9 Å². The Balaban J connectivity index is 2.57.